The zero-order valence-corrected chi connectivity index (χ0v) is 23.5. The number of nitrogens with one attached hydrogen (secondary N) is 1. The molecular weight excluding hydrogens is 565 g/mol. The summed E-state index contributed by atoms with van der Waals surface area (Å²) in [7, 11) is -2.97. The minimum Gasteiger partial charge on any atom is -0.480 e. The van der Waals surface area contributed by atoms with E-state index >= 15 is 0 Å². The van der Waals surface area contributed by atoms with Gasteiger partial charge in [-0.1, -0.05) is 18.2 Å². The number of anilines is 2. The van der Waals surface area contributed by atoms with Gasteiger partial charge in [-0.3, -0.25) is 9.52 Å². The van der Waals surface area contributed by atoms with E-state index in [-0.39, 0.29) is 33.8 Å². The fourth-order valence-corrected chi connectivity index (χ4v) is 6.44. The first-order valence-corrected chi connectivity index (χ1v) is 14.8. The number of hydrogen-bond donors (Lipinski definition) is 2. The number of benzene rings is 2. The molecule has 42 heavy (non-hydrogen) atoms. The van der Waals surface area contributed by atoms with Gasteiger partial charge in [0.1, 0.15) is 16.5 Å². The molecular formula is C29H28FN5O6S. The molecule has 4 aromatic rings. The Morgan fingerprint density at radius 2 is 1.81 bits per heavy atom. The van der Waals surface area contributed by atoms with Crippen LogP contribution in [0, 0.1) is 5.82 Å². The Balaban J connectivity index is 1.31. The molecule has 1 spiro atoms. The fraction of sp³-hybridized carbons (Fsp3) is 0.276. The number of methoxy groups -OCH3 is 1. The van der Waals surface area contributed by atoms with E-state index in [4.69, 9.17) is 19.9 Å². The topological polar surface area (TPSA) is 146 Å². The van der Waals surface area contributed by atoms with Crippen molar-refractivity contribution in [1.82, 2.24) is 14.9 Å². The molecule has 2 aromatic carbocycles. The summed E-state index contributed by atoms with van der Waals surface area (Å²) in [5.41, 5.74) is 7.90. The summed E-state index contributed by atoms with van der Waals surface area (Å²) in [6.45, 7) is 2.03. The number of halogens is 1. The number of ether oxygens (including phenoxy) is 3. The highest BCUT2D eigenvalue weighted by atomic mass is 32.2. The number of sulfonamides is 1. The van der Waals surface area contributed by atoms with E-state index in [1.54, 1.807) is 29.2 Å². The molecule has 2 aromatic heterocycles. The van der Waals surface area contributed by atoms with Crippen LogP contribution in [0.25, 0.3) is 22.0 Å². The van der Waals surface area contributed by atoms with Crippen molar-refractivity contribution in [2.75, 3.05) is 43.9 Å². The molecule has 0 atom stereocenters. The number of para-hydroxylation sites is 1. The SMILES string of the molecule is COc1ncc(-c2ccc3nc(N)c(C(=O)N4CCC5(CC4)OCCO5)cc3c2)cc1S(=O)(=O)Nc1ccccc1F. The van der Waals surface area contributed by atoms with Crippen molar-refractivity contribution >= 4 is 38.3 Å². The predicted octanol–water partition coefficient (Wildman–Crippen LogP) is 3.81. The van der Waals surface area contributed by atoms with E-state index in [2.05, 4.69) is 14.7 Å². The Morgan fingerprint density at radius 1 is 1.07 bits per heavy atom. The molecule has 2 fully saturated rings. The Hall–Kier alpha value is -4.33. The van der Waals surface area contributed by atoms with Gasteiger partial charge in [0, 0.05) is 43.1 Å². The third kappa shape index (κ3) is 5.22. The summed E-state index contributed by atoms with van der Waals surface area (Å²) in [6.07, 6.45) is 2.62. The maximum atomic E-state index is 14.2. The second kappa shape index (κ2) is 10.8. The number of nitrogen functional groups attached to an aromatic ring is 1. The number of pyridine rings is 2. The summed E-state index contributed by atoms with van der Waals surface area (Å²) >= 11 is 0. The lowest BCUT2D eigenvalue weighted by Crippen LogP contribution is -2.47. The van der Waals surface area contributed by atoms with Gasteiger partial charge in [-0.25, -0.2) is 22.8 Å². The van der Waals surface area contributed by atoms with Gasteiger partial charge < -0.3 is 24.8 Å². The number of aromatic nitrogens is 2. The Bertz CT molecular complexity index is 1790. The lowest BCUT2D eigenvalue weighted by molar-refractivity contribution is -0.181. The van der Waals surface area contributed by atoms with Crippen LogP contribution in [0.1, 0.15) is 23.2 Å². The average Bonchev–Trinajstić information content (AvgIpc) is 3.45. The summed E-state index contributed by atoms with van der Waals surface area (Å²) in [6, 6.07) is 13.8. The van der Waals surface area contributed by atoms with Crippen LogP contribution in [0.15, 0.2) is 65.7 Å². The Morgan fingerprint density at radius 3 is 2.52 bits per heavy atom. The van der Waals surface area contributed by atoms with Crippen LogP contribution in [0.4, 0.5) is 15.9 Å². The summed E-state index contributed by atoms with van der Waals surface area (Å²) in [4.78, 5) is 23.5. The van der Waals surface area contributed by atoms with Gasteiger partial charge >= 0.3 is 0 Å². The monoisotopic (exact) mass is 593 g/mol. The van der Waals surface area contributed by atoms with Gasteiger partial charge in [0.15, 0.2) is 5.79 Å². The minimum atomic E-state index is -4.27. The summed E-state index contributed by atoms with van der Waals surface area (Å²) < 4.78 is 59.6. The van der Waals surface area contributed by atoms with Gasteiger partial charge in [0.2, 0.25) is 5.88 Å². The van der Waals surface area contributed by atoms with Gasteiger partial charge in [-0.2, -0.15) is 0 Å². The first kappa shape index (κ1) is 27.8. The van der Waals surface area contributed by atoms with Crippen molar-refractivity contribution in [3.8, 4) is 17.0 Å². The average molecular weight is 594 g/mol. The van der Waals surface area contributed by atoms with Crippen LogP contribution >= 0.6 is 0 Å². The highest BCUT2D eigenvalue weighted by Crippen LogP contribution is 2.34. The van der Waals surface area contributed by atoms with E-state index < -0.39 is 21.6 Å². The number of carbonyl (C=O) groups excluding carboxylic acids is 1. The molecule has 218 valence electrons. The third-order valence-electron chi connectivity index (χ3n) is 7.45. The second-order valence-corrected chi connectivity index (χ2v) is 11.7. The fourth-order valence-electron chi connectivity index (χ4n) is 5.23. The standard InChI is InChI=1S/C29H28FN5O6S/c1-39-27-25(42(37,38)34-24-5-3-2-4-22(24)30)16-20(17-32-27)18-6-7-23-19(14-18)15-21(26(31)33-23)28(36)35-10-8-29(9-11-35)40-12-13-41-29/h2-7,14-17,34H,8-13H2,1H3,(H2,31,33). The van der Waals surface area contributed by atoms with Crippen molar-refractivity contribution in [3.63, 3.8) is 0 Å². The molecule has 2 aliphatic rings. The molecule has 3 N–H and O–H groups in total. The first-order chi connectivity index (χ1) is 20.2. The number of rotatable bonds is 6. The van der Waals surface area contributed by atoms with E-state index in [0.717, 1.165) is 6.07 Å². The summed E-state index contributed by atoms with van der Waals surface area (Å²) in [5, 5.41) is 0.630. The predicted molar refractivity (Wildman–Crippen MR) is 153 cm³/mol. The Labute approximate surface area is 241 Å². The van der Waals surface area contributed by atoms with Crippen molar-refractivity contribution in [1.29, 1.82) is 0 Å². The molecule has 0 bridgehead atoms. The largest absolute Gasteiger partial charge is 0.480 e. The third-order valence-corrected chi connectivity index (χ3v) is 8.81. The maximum absolute atomic E-state index is 14.2. The molecule has 2 aliphatic heterocycles. The molecule has 0 aliphatic carbocycles. The van der Waals surface area contributed by atoms with Gasteiger partial charge in [0.05, 0.1) is 37.1 Å². The minimum absolute atomic E-state index is 0.118. The van der Waals surface area contributed by atoms with Crippen LogP contribution in [0.3, 0.4) is 0 Å². The van der Waals surface area contributed by atoms with E-state index in [1.807, 2.05) is 0 Å². The lowest BCUT2D eigenvalue weighted by atomic mass is 10.0. The van der Waals surface area contributed by atoms with Crippen molar-refractivity contribution in [3.05, 3.63) is 72.2 Å². The highest BCUT2D eigenvalue weighted by molar-refractivity contribution is 7.92. The molecule has 4 heterocycles. The molecule has 0 radical (unpaired) electrons. The molecule has 13 heteroatoms. The smallest absolute Gasteiger partial charge is 0.267 e. The number of amides is 1. The molecule has 6 rings (SSSR count). The zero-order valence-electron chi connectivity index (χ0n) is 22.7. The number of likely N-dealkylation sites (tertiary alicyclic amines) is 1. The van der Waals surface area contributed by atoms with E-state index in [9.17, 15) is 17.6 Å². The second-order valence-electron chi connectivity index (χ2n) is 10.0. The van der Waals surface area contributed by atoms with Crippen LogP contribution in [-0.2, 0) is 19.5 Å². The van der Waals surface area contributed by atoms with Crippen molar-refractivity contribution in [2.24, 2.45) is 0 Å². The van der Waals surface area contributed by atoms with E-state index in [0.29, 0.717) is 61.2 Å². The first-order valence-electron chi connectivity index (χ1n) is 13.3. The van der Waals surface area contributed by atoms with Crippen LogP contribution in [0.2, 0.25) is 0 Å². The number of nitrogens with two attached hydrogens (primary N) is 1. The van der Waals surface area contributed by atoms with Gasteiger partial charge in [0.25, 0.3) is 15.9 Å². The van der Waals surface area contributed by atoms with Crippen LogP contribution < -0.4 is 15.2 Å². The maximum Gasteiger partial charge on any atom is 0.267 e. The normalized spacial score (nSPS) is 16.6. The zero-order chi connectivity index (χ0) is 29.5. The quantitative estimate of drug-likeness (QED) is 0.341. The van der Waals surface area contributed by atoms with Crippen molar-refractivity contribution < 1.29 is 31.8 Å². The van der Waals surface area contributed by atoms with Gasteiger partial charge in [-0.15, -0.1) is 0 Å². The Kier molecular flexibility index (Phi) is 7.17. The number of piperidine rings is 1. The molecule has 2 saturated heterocycles. The summed E-state index contributed by atoms with van der Waals surface area (Å²) in [5.74, 6) is -1.60. The molecule has 0 unspecified atom stereocenters. The van der Waals surface area contributed by atoms with Crippen LogP contribution in [-0.4, -0.2) is 68.4 Å². The molecule has 0 saturated carbocycles. The number of carbonyl (C=O) groups is 1. The molecule has 11 nitrogen and oxygen atoms in total. The van der Waals surface area contributed by atoms with E-state index in [1.165, 1.54) is 37.6 Å². The van der Waals surface area contributed by atoms with Crippen LogP contribution in [0.5, 0.6) is 5.88 Å². The van der Waals surface area contributed by atoms with Crippen molar-refractivity contribution in [2.45, 2.75) is 23.5 Å². The number of hydrogen-bond acceptors (Lipinski definition) is 9. The number of nitrogens with zero attached hydrogens (tertiary/aromatic N) is 3. The molecule has 1 amide bonds. The highest BCUT2D eigenvalue weighted by Gasteiger charge is 2.41. The number of fused-ring (bicyclic) bond motifs is 1. The van der Waals surface area contributed by atoms with Gasteiger partial charge in [-0.05, 0) is 42.0 Å². The lowest BCUT2D eigenvalue weighted by Gasteiger charge is -2.37.